The van der Waals surface area contributed by atoms with Crippen molar-refractivity contribution in [2.45, 2.75) is 26.3 Å². The SMILES string of the molecule is C=C/C=C(\C=C)CCN=C(N)NC(N)=NC(C)C. The smallest absolute Gasteiger partial charge is 0.195 e. The van der Waals surface area contributed by atoms with Crippen molar-refractivity contribution in [3.8, 4) is 0 Å². The Labute approximate surface area is 109 Å². The number of hydrogen-bond acceptors (Lipinski definition) is 2. The quantitative estimate of drug-likeness (QED) is 0.376. The van der Waals surface area contributed by atoms with E-state index in [1.807, 2.05) is 19.9 Å². The minimum Gasteiger partial charge on any atom is -0.370 e. The van der Waals surface area contributed by atoms with Crippen LogP contribution in [0.2, 0.25) is 0 Å². The second-order valence-corrected chi connectivity index (χ2v) is 3.93. The van der Waals surface area contributed by atoms with Gasteiger partial charge in [0.05, 0.1) is 0 Å². The van der Waals surface area contributed by atoms with Crippen molar-refractivity contribution in [2.75, 3.05) is 6.54 Å². The zero-order valence-corrected chi connectivity index (χ0v) is 11.2. The van der Waals surface area contributed by atoms with Gasteiger partial charge in [0, 0.05) is 12.6 Å². The van der Waals surface area contributed by atoms with Gasteiger partial charge in [-0.15, -0.1) is 0 Å². The molecule has 0 radical (unpaired) electrons. The van der Waals surface area contributed by atoms with Gasteiger partial charge in [0.15, 0.2) is 11.9 Å². The maximum Gasteiger partial charge on any atom is 0.195 e. The molecule has 0 rings (SSSR count). The van der Waals surface area contributed by atoms with Crippen LogP contribution in [-0.4, -0.2) is 24.5 Å². The van der Waals surface area contributed by atoms with Gasteiger partial charge in [0.1, 0.15) is 0 Å². The fraction of sp³-hybridized carbons (Fsp3) is 0.385. The molecule has 0 saturated carbocycles. The number of allylic oxidation sites excluding steroid dienone is 3. The van der Waals surface area contributed by atoms with E-state index >= 15 is 0 Å². The molecule has 5 nitrogen and oxygen atoms in total. The maximum atomic E-state index is 5.66. The van der Waals surface area contributed by atoms with E-state index in [1.54, 1.807) is 12.2 Å². The van der Waals surface area contributed by atoms with E-state index in [9.17, 15) is 0 Å². The molecule has 0 heterocycles. The van der Waals surface area contributed by atoms with Crippen LogP contribution in [0, 0.1) is 0 Å². The molecule has 0 amide bonds. The molecule has 0 spiro atoms. The summed E-state index contributed by atoms with van der Waals surface area (Å²) in [5.41, 5.74) is 12.3. The predicted octanol–water partition coefficient (Wildman–Crippen LogP) is 1.30. The molecule has 0 saturated heterocycles. The van der Waals surface area contributed by atoms with Gasteiger partial charge in [0.2, 0.25) is 0 Å². The van der Waals surface area contributed by atoms with Gasteiger partial charge in [-0.25, -0.2) is 0 Å². The molecular formula is C13H23N5. The summed E-state index contributed by atoms with van der Waals surface area (Å²) in [4.78, 5) is 8.23. The van der Waals surface area contributed by atoms with E-state index < -0.39 is 0 Å². The van der Waals surface area contributed by atoms with Crippen molar-refractivity contribution in [1.82, 2.24) is 5.32 Å². The van der Waals surface area contributed by atoms with Crippen LogP contribution >= 0.6 is 0 Å². The molecule has 0 aliphatic carbocycles. The first kappa shape index (κ1) is 16.0. The molecule has 0 atom stereocenters. The van der Waals surface area contributed by atoms with Crippen LogP contribution in [0.15, 0.2) is 46.9 Å². The maximum absolute atomic E-state index is 5.66. The van der Waals surface area contributed by atoms with Crippen LogP contribution in [0.4, 0.5) is 0 Å². The molecule has 100 valence electrons. The van der Waals surface area contributed by atoms with Gasteiger partial charge in [-0.1, -0.05) is 31.4 Å². The minimum absolute atomic E-state index is 0.119. The standard InChI is InChI=1S/C13H23N5/c1-5-7-11(6-2)8-9-16-12(14)18-13(15)17-10(3)4/h5-7,10H,1-2,8-9H2,3-4H3,(H5,14,15,16,17,18)/b11-7+. The summed E-state index contributed by atoms with van der Waals surface area (Å²) in [5.74, 6) is 0.538. The summed E-state index contributed by atoms with van der Waals surface area (Å²) in [6, 6.07) is 0.119. The lowest BCUT2D eigenvalue weighted by molar-refractivity contribution is 0.826. The molecule has 5 heteroatoms. The summed E-state index contributed by atoms with van der Waals surface area (Å²) in [7, 11) is 0. The van der Waals surface area contributed by atoms with Crippen molar-refractivity contribution in [3.63, 3.8) is 0 Å². The Kier molecular flexibility index (Phi) is 8.01. The molecule has 18 heavy (non-hydrogen) atoms. The number of rotatable bonds is 6. The van der Waals surface area contributed by atoms with Gasteiger partial charge in [-0.05, 0) is 25.8 Å². The topological polar surface area (TPSA) is 88.8 Å². The van der Waals surface area contributed by atoms with Gasteiger partial charge in [-0.2, -0.15) is 0 Å². The zero-order chi connectivity index (χ0) is 14.0. The van der Waals surface area contributed by atoms with E-state index in [2.05, 4.69) is 28.5 Å². The summed E-state index contributed by atoms with van der Waals surface area (Å²) in [6.07, 6.45) is 6.13. The fourth-order valence-electron chi connectivity index (χ4n) is 1.19. The van der Waals surface area contributed by atoms with Crippen molar-refractivity contribution in [2.24, 2.45) is 21.5 Å². The molecular weight excluding hydrogens is 226 g/mol. The highest BCUT2D eigenvalue weighted by Gasteiger charge is 1.97. The second kappa shape index (κ2) is 9.04. The van der Waals surface area contributed by atoms with E-state index in [0.717, 1.165) is 12.0 Å². The van der Waals surface area contributed by atoms with Crippen molar-refractivity contribution < 1.29 is 0 Å². The highest BCUT2D eigenvalue weighted by Crippen LogP contribution is 2.02. The molecule has 0 unspecified atom stereocenters. The third-order valence-corrected chi connectivity index (χ3v) is 1.93. The van der Waals surface area contributed by atoms with E-state index in [1.165, 1.54) is 0 Å². The predicted molar refractivity (Wildman–Crippen MR) is 79.5 cm³/mol. The molecule has 0 aliphatic heterocycles. The Morgan fingerprint density at radius 1 is 1.28 bits per heavy atom. The molecule has 0 aliphatic rings. The number of guanidine groups is 2. The Bertz CT molecular complexity index is 364. The molecule has 0 aromatic carbocycles. The van der Waals surface area contributed by atoms with Crippen molar-refractivity contribution in [3.05, 3.63) is 37.0 Å². The molecule has 5 N–H and O–H groups in total. The Morgan fingerprint density at radius 3 is 2.44 bits per heavy atom. The number of nitrogens with zero attached hydrogens (tertiary/aromatic N) is 2. The van der Waals surface area contributed by atoms with Crippen LogP contribution in [0.3, 0.4) is 0 Å². The summed E-state index contributed by atoms with van der Waals surface area (Å²) in [6.45, 7) is 11.7. The lowest BCUT2D eigenvalue weighted by Crippen LogP contribution is -2.42. The lowest BCUT2D eigenvalue weighted by Gasteiger charge is -2.06. The first-order valence-corrected chi connectivity index (χ1v) is 5.83. The molecule has 0 aromatic rings. The monoisotopic (exact) mass is 249 g/mol. The highest BCUT2D eigenvalue weighted by molar-refractivity contribution is 5.97. The van der Waals surface area contributed by atoms with Gasteiger partial charge >= 0.3 is 0 Å². The average molecular weight is 249 g/mol. The van der Waals surface area contributed by atoms with E-state index in [4.69, 9.17) is 11.5 Å². The second-order valence-electron chi connectivity index (χ2n) is 3.93. The zero-order valence-electron chi connectivity index (χ0n) is 11.2. The van der Waals surface area contributed by atoms with Crippen molar-refractivity contribution in [1.29, 1.82) is 0 Å². The molecule has 0 aromatic heterocycles. The number of aliphatic imine (C=N–C) groups is 2. The first-order valence-electron chi connectivity index (χ1n) is 5.83. The van der Waals surface area contributed by atoms with E-state index in [0.29, 0.717) is 6.54 Å². The summed E-state index contributed by atoms with van der Waals surface area (Å²) >= 11 is 0. The number of hydrogen-bond donors (Lipinski definition) is 3. The largest absolute Gasteiger partial charge is 0.370 e. The van der Waals surface area contributed by atoms with Crippen LogP contribution in [0.25, 0.3) is 0 Å². The van der Waals surface area contributed by atoms with Gasteiger partial charge in [0.25, 0.3) is 0 Å². The van der Waals surface area contributed by atoms with Gasteiger partial charge in [-0.3, -0.25) is 15.3 Å². The van der Waals surface area contributed by atoms with Crippen LogP contribution in [0.1, 0.15) is 20.3 Å². The van der Waals surface area contributed by atoms with Crippen LogP contribution < -0.4 is 16.8 Å². The Morgan fingerprint density at radius 2 is 1.94 bits per heavy atom. The molecule has 0 fully saturated rings. The van der Waals surface area contributed by atoms with Gasteiger partial charge < -0.3 is 11.5 Å². The Balaban J connectivity index is 4.24. The lowest BCUT2D eigenvalue weighted by atomic mass is 10.2. The van der Waals surface area contributed by atoms with Crippen LogP contribution in [-0.2, 0) is 0 Å². The fourth-order valence-corrected chi connectivity index (χ4v) is 1.19. The number of nitrogens with two attached hydrogens (primary N) is 2. The number of nitrogens with one attached hydrogen (secondary N) is 1. The minimum atomic E-state index is 0.119. The summed E-state index contributed by atoms with van der Waals surface area (Å²) in [5, 5.41) is 2.73. The van der Waals surface area contributed by atoms with E-state index in [-0.39, 0.29) is 18.0 Å². The molecule has 0 bridgehead atoms. The summed E-state index contributed by atoms with van der Waals surface area (Å²) < 4.78 is 0. The van der Waals surface area contributed by atoms with Crippen molar-refractivity contribution >= 4 is 11.9 Å². The first-order chi connectivity index (χ1) is 8.49. The highest BCUT2D eigenvalue weighted by atomic mass is 15.2. The average Bonchev–Trinajstić information content (AvgIpc) is 2.26. The van der Waals surface area contributed by atoms with Crippen LogP contribution in [0.5, 0.6) is 0 Å². The third kappa shape index (κ3) is 8.15. The normalized spacial score (nSPS) is 13.6. The Hall–Kier alpha value is -2.04. The third-order valence-electron chi connectivity index (χ3n) is 1.93.